The van der Waals surface area contributed by atoms with Crippen LogP contribution in [0, 0.1) is 0 Å². The lowest BCUT2D eigenvalue weighted by molar-refractivity contribution is 0.0668. The Morgan fingerprint density at radius 2 is 1.96 bits per heavy atom. The molecule has 0 saturated heterocycles. The van der Waals surface area contributed by atoms with Crippen LogP contribution in [0.15, 0.2) is 30.3 Å². The summed E-state index contributed by atoms with van der Waals surface area (Å²) in [5.74, 6) is 1.30. The molecule has 5 nitrogen and oxygen atoms in total. The van der Waals surface area contributed by atoms with Crippen molar-refractivity contribution in [2.75, 3.05) is 27.3 Å². The van der Waals surface area contributed by atoms with E-state index in [-0.39, 0.29) is 6.61 Å². The van der Waals surface area contributed by atoms with Gasteiger partial charge in [-0.05, 0) is 50.7 Å². The van der Waals surface area contributed by atoms with Crippen LogP contribution in [0.4, 0.5) is 0 Å². The third kappa shape index (κ3) is 7.31. The van der Waals surface area contributed by atoms with Gasteiger partial charge in [0.25, 0.3) is 0 Å². The van der Waals surface area contributed by atoms with Gasteiger partial charge >= 0.3 is 0 Å². The van der Waals surface area contributed by atoms with Gasteiger partial charge in [-0.1, -0.05) is 17.7 Å². The van der Waals surface area contributed by atoms with Gasteiger partial charge in [0.05, 0.1) is 11.4 Å². The summed E-state index contributed by atoms with van der Waals surface area (Å²) in [6.45, 7) is 6.44. The molecule has 0 aliphatic carbocycles. The molecule has 27 heavy (non-hydrogen) atoms. The molecule has 7 heteroatoms. The van der Waals surface area contributed by atoms with Crippen molar-refractivity contribution in [2.24, 2.45) is 0 Å². The van der Waals surface area contributed by atoms with E-state index in [0.717, 1.165) is 16.4 Å². The van der Waals surface area contributed by atoms with E-state index in [1.807, 2.05) is 37.4 Å². The van der Waals surface area contributed by atoms with Gasteiger partial charge in [0.15, 0.2) is 11.5 Å². The highest BCUT2D eigenvalue weighted by Crippen LogP contribution is 2.28. The third-order valence-corrected chi connectivity index (χ3v) is 5.53. The minimum atomic E-state index is -0.563. The highest BCUT2D eigenvalue weighted by atomic mass is 35.5. The van der Waals surface area contributed by atoms with Crippen molar-refractivity contribution in [3.63, 3.8) is 0 Å². The molecule has 2 N–H and O–H groups in total. The molecular formula is C20H29ClN2O3S. The van der Waals surface area contributed by atoms with Crippen LogP contribution in [0.5, 0.6) is 11.5 Å². The van der Waals surface area contributed by atoms with Gasteiger partial charge in [-0.2, -0.15) is 0 Å². The fourth-order valence-corrected chi connectivity index (χ4v) is 3.56. The number of aliphatic hydroxyl groups excluding tert-OH is 1. The fraction of sp³-hybridized carbons (Fsp3) is 0.500. The summed E-state index contributed by atoms with van der Waals surface area (Å²) in [6, 6.07) is 10.2. The van der Waals surface area contributed by atoms with E-state index in [4.69, 9.17) is 21.1 Å². The van der Waals surface area contributed by atoms with E-state index < -0.39 is 6.10 Å². The number of hydrogen-bond acceptors (Lipinski definition) is 6. The number of ether oxygens (including phenoxy) is 2. The average Bonchev–Trinajstić information content (AvgIpc) is 3.05. The molecule has 0 aliphatic heterocycles. The van der Waals surface area contributed by atoms with Crippen LogP contribution in [-0.2, 0) is 13.1 Å². The molecule has 0 unspecified atom stereocenters. The van der Waals surface area contributed by atoms with E-state index in [1.54, 1.807) is 18.4 Å². The fourth-order valence-electron chi connectivity index (χ4n) is 2.50. The highest BCUT2D eigenvalue weighted by molar-refractivity contribution is 7.16. The Bertz CT molecular complexity index is 708. The molecular weight excluding hydrogens is 384 g/mol. The molecule has 0 amide bonds. The summed E-state index contributed by atoms with van der Waals surface area (Å²) in [6.07, 6.45) is -0.563. The van der Waals surface area contributed by atoms with E-state index in [9.17, 15) is 5.11 Å². The van der Waals surface area contributed by atoms with Gasteiger partial charge in [-0.25, -0.2) is 0 Å². The SMILES string of the molecule is COc1ccc(CNCc2ccc(Cl)s2)cc1OC[C@@H](O)CN(C)C(C)C. The quantitative estimate of drug-likeness (QED) is 0.588. The maximum absolute atomic E-state index is 10.2. The van der Waals surface area contributed by atoms with Crippen LogP contribution < -0.4 is 14.8 Å². The number of nitrogens with one attached hydrogen (secondary N) is 1. The van der Waals surface area contributed by atoms with E-state index in [2.05, 4.69) is 24.1 Å². The molecule has 1 aromatic carbocycles. The zero-order valence-electron chi connectivity index (χ0n) is 16.4. The van der Waals surface area contributed by atoms with Crippen LogP contribution in [0.1, 0.15) is 24.3 Å². The molecule has 0 spiro atoms. The number of halogens is 1. The molecule has 0 bridgehead atoms. The molecule has 0 saturated carbocycles. The van der Waals surface area contributed by atoms with Crippen LogP contribution in [0.3, 0.4) is 0 Å². The Morgan fingerprint density at radius 1 is 1.19 bits per heavy atom. The Morgan fingerprint density at radius 3 is 2.59 bits per heavy atom. The van der Waals surface area contributed by atoms with E-state index in [0.29, 0.717) is 30.6 Å². The molecule has 2 rings (SSSR count). The van der Waals surface area contributed by atoms with Gasteiger partial charge in [0, 0.05) is 30.6 Å². The second-order valence-corrected chi connectivity index (χ2v) is 8.59. The lowest BCUT2D eigenvalue weighted by Gasteiger charge is -2.24. The minimum absolute atomic E-state index is 0.220. The number of benzene rings is 1. The minimum Gasteiger partial charge on any atom is -0.493 e. The monoisotopic (exact) mass is 412 g/mol. The van der Waals surface area contributed by atoms with Crippen LogP contribution >= 0.6 is 22.9 Å². The first-order valence-corrected chi connectivity index (χ1v) is 10.2. The van der Waals surface area contributed by atoms with Crippen molar-refractivity contribution in [1.82, 2.24) is 10.2 Å². The second-order valence-electron chi connectivity index (χ2n) is 6.79. The number of hydrogen-bond donors (Lipinski definition) is 2. The van der Waals surface area contributed by atoms with Crippen molar-refractivity contribution < 1.29 is 14.6 Å². The third-order valence-electron chi connectivity index (χ3n) is 4.30. The molecule has 150 valence electrons. The van der Waals surface area contributed by atoms with Crippen LogP contribution in [0.2, 0.25) is 4.34 Å². The Labute approximate surface area is 170 Å². The maximum atomic E-state index is 10.2. The summed E-state index contributed by atoms with van der Waals surface area (Å²) in [5.41, 5.74) is 1.09. The lowest BCUT2D eigenvalue weighted by atomic mass is 10.2. The standard InChI is InChI=1S/C20H29ClN2O3S/c1-14(2)23(3)12-16(24)13-26-19-9-15(5-7-18(19)25-4)10-22-11-17-6-8-20(21)27-17/h5-9,14,16,22,24H,10-13H2,1-4H3/t16-/m0/s1. The Kier molecular flexibility index (Phi) is 8.86. The number of likely N-dealkylation sites (N-methyl/N-ethyl adjacent to an activating group) is 1. The predicted octanol–water partition coefficient (Wildman–Crippen LogP) is 3.78. The van der Waals surface area contributed by atoms with Gasteiger partial charge in [-0.3, -0.25) is 0 Å². The number of methoxy groups -OCH3 is 1. The second kappa shape index (κ2) is 10.9. The van der Waals surface area contributed by atoms with Crippen molar-refractivity contribution in [1.29, 1.82) is 0 Å². The molecule has 1 atom stereocenters. The van der Waals surface area contributed by atoms with Crippen molar-refractivity contribution >= 4 is 22.9 Å². The number of rotatable bonds is 11. The predicted molar refractivity (Wildman–Crippen MR) is 112 cm³/mol. The first-order chi connectivity index (χ1) is 12.9. The van der Waals surface area contributed by atoms with Gasteiger partial charge in [0.2, 0.25) is 0 Å². The summed E-state index contributed by atoms with van der Waals surface area (Å²) >= 11 is 7.53. The smallest absolute Gasteiger partial charge is 0.161 e. The van der Waals surface area contributed by atoms with Crippen molar-refractivity contribution in [2.45, 2.75) is 39.1 Å². The molecule has 2 aromatic rings. The number of aliphatic hydroxyl groups is 1. The summed E-state index contributed by atoms with van der Waals surface area (Å²) in [7, 11) is 3.60. The number of thiophene rings is 1. The van der Waals surface area contributed by atoms with E-state index in [1.165, 1.54) is 4.88 Å². The van der Waals surface area contributed by atoms with Crippen LogP contribution in [-0.4, -0.2) is 49.5 Å². The van der Waals surface area contributed by atoms with Gasteiger partial charge in [0.1, 0.15) is 12.7 Å². The first-order valence-electron chi connectivity index (χ1n) is 9.02. The van der Waals surface area contributed by atoms with Crippen molar-refractivity contribution in [3.8, 4) is 11.5 Å². The molecule has 1 aromatic heterocycles. The zero-order chi connectivity index (χ0) is 19.8. The maximum Gasteiger partial charge on any atom is 0.161 e. The summed E-state index contributed by atoms with van der Waals surface area (Å²) in [4.78, 5) is 3.28. The molecule has 0 aliphatic rings. The summed E-state index contributed by atoms with van der Waals surface area (Å²) in [5, 5.41) is 13.6. The topological polar surface area (TPSA) is 54.0 Å². The Hall–Kier alpha value is -1.31. The largest absolute Gasteiger partial charge is 0.493 e. The lowest BCUT2D eigenvalue weighted by Crippen LogP contribution is -2.37. The highest BCUT2D eigenvalue weighted by Gasteiger charge is 2.13. The number of nitrogens with zero attached hydrogens (tertiary/aromatic N) is 1. The van der Waals surface area contributed by atoms with E-state index >= 15 is 0 Å². The molecule has 0 fully saturated rings. The average molecular weight is 413 g/mol. The molecule has 1 heterocycles. The summed E-state index contributed by atoms with van der Waals surface area (Å²) < 4.78 is 12.0. The van der Waals surface area contributed by atoms with Crippen molar-refractivity contribution in [3.05, 3.63) is 45.1 Å². The normalized spacial score (nSPS) is 12.6. The zero-order valence-corrected chi connectivity index (χ0v) is 17.9. The van der Waals surface area contributed by atoms with Gasteiger partial charge in [-0.15, -0.1) is 11.3 Å². The molecule has 0 radical (unpaired) electrons. The van der Waals surface area contributed by atoms with Crippen LogP contribution in [0.25, 0.3) is 0 Å². The van der Waals surface area contributed by atoms with Gasteiger partial charge < -0.3 is 24.8 Å². The Balaban J connectivity index is 1.89. The first kappa shape index (κ1) is 22.0.